The Balaban J connectivity index is 1.52. The van der Waals surface area contributed by atoms with Crippen LogP contribution >= 0.6 is 0 Å². The van der Waals surface area contributed by atoms with Crippen molar-refractivity contribution in [2.45, 2.75) is 45.6 Å². The maximum atomic E-state index is 12.3. The van der Waals surface area contributed by atoms with E-state index < -0.39 is 0 Å². The molecule has 7 nitrogen and oxygen atoms in total. The number of aryl methyl sites for hydroxylation is 1. The van der Waals surface area contributed by atoms with Gasteiger partial charge in [0.2, 0.25) is 11.8 Å². The van der Waals surface area contributed by atoms with Crippen LogP contribution in [0.1, 0.15) is 48.3 Å². The van der Waals surface area contributed by atoms with Crippen molar-refractivity contribution in [3.05, 3.63) is 53.0 Å². The summed E-state index contributed by atoms with van der Waals surface area (Å²) in [6, 6.07) is 10.5. The first kappa shape index (κ1) is 20.3. The normalized spacial score (nSPS) is 18.3. The SMILES string of the molecule is CC(=O)NCC(=O)N1CC[C@@H](c2nc(C)c3c(n2)N(Cc2ccccc2)CCC3)C1. The van der Waals surface area contributed by atoms with E-state index in [2.05, 4.69) is 41.4 Å². The fraction of sp³-hybridized carbons (Fsp3) is 0.478. The molecule has 0 aliphatic carbocycles. The molecule has 2 amide bonds. The number of amides is 2. The number of fused-ring (bicyclic) bond motifs is 1. The number of anilines is 1. The van der Waals surface area contributed by atoms with Crippen LogP contribution in [0.15, 0.2) is 30.3 Å². The second-order valence-electron chi connectivity index (χ2n) is 8.22. The zero-order valence-corrected chi connectivity index (χ0v) is 17.7. The van der Waals surface area contributed by atoms with E-state index in [9.17, 15) is 9.59 Å². The third-order valence-electron chi connectivity index (χ3n) is 5.97. The molecule has 7 heteroatoms. The molecule has 0 radical (unpaired) electrons. The quantitative estimate of drug-likeness (QED) is 0.822. The summed E-state index contributed by atoms with van der Waals surface area (Å²) >= 11 is 0. The molecule has 1 fully saturated rings. The third kappa shape index (κ3) is 4.45. The smallest absolute Gasteiger partial charge is 0.241 e. The van der Waals surface area contributed by atoms with Crippen molar-refractivity contribution in [1.82, 2.24) is 20.2 Å². The minimum atomic E-state index is -0.189. The predicted octanol–water partition coefficient (Wildman–Crippen LogP) is 2.19. The van der Waals surface area contributed by atoms with Gasteiger partial charge in [0.15, 0.2) is 0 Å². The first-order valence-corrected chi connectivity index (χ1v) is 10.7. The average Bonchev–Trinajstić information content (AvgIpc) is 3.24. The summed E-state index contributed by atoms with van der Waals surface area (Å²) in [5.41, 5.74) is 3.58. The van der Waals surface area contributed by atoms with E-state index in [1.807, 2.05) is 6.07 Å². The van der Waals surface area contributed by atoms with Crippen molar-refractivity contribution in [2.24, 2.45) is 0 Å². The van der Waals surface area contributed by atoms with Crippen LogP contribution in [0.2, 0.25) is 0 Å². The van der Waals surface area contributed by atoms with Crippen LogP contribution in [-0.4, -0.2) is 52.9 Å². The lowest BCUT2D eigenvalue weighted by Gasteiger charge is -2.31. The van der Waals surface area contributed by atoms with Gasteiger partial charge in [0.1, 0.15) is 11.6 Å². The summed E-state index contributed by atoms with van der Waals surface area (Å²) in [5, 5.41) is 2.59. The van der Waals surface area contributed by atoms with Crippen LogP contribution in [-0.2, 0) is 22.6 Å². The van der Waals surface area contributed by atoms with Crippen molar-refractivity contribution in [1.29, 1.82) is 0 Å². The molecule has 0 bridgehead atoms. The van der Waals surface area contributed by atoms with Gasteiger partial charge in [0.05, 0.1) is 6.54 Å². The lowest BCUT2D eigenvalue weighted by atomic mass is 10.0. The van der Waals surface area contributed by atoms with Gasteiger partial charge < -0.3 is 15.1 Å². The third-order valence-corrected chi connectivity index (χ3v) is 5.97. The monoisotopic (exact) mass is 407 g/mol. The first-order valence-electron chi connectivity index (χ1n) is 10.7. The van der Waals surface area contributed by atoms with Crippen LogP contribution < -0.4 is 10.2 Å². The van der Waals surface area contributed by atoms with Gasteiger partial charge in [-0.25, -0.2) is 9.97 Å². The van der Waals surface area contributed by atoms with Gasteiger partial charge >= 0.3 is 0 Å². The molecule has 158 valence electrons. The highest BCUT2D eigenvalue weighted by atomic mass is 16.2. The molecule has 1 aromatic carbocycles. The molecule has 0 unspecified atom stereocenters. The summed E-state index contributed by atoms with van der Waals surface area (Å²) in [5.74, 6) is 1.78. The molecular weight excluding hydrogens is 378 g/mol. The van der Waals surface area contributed by atoms with Crippen LogP contribution in [0.4, 0.5) is 5.82 Å². The average molecular weight is 408 g/mol. The maximum Gasteiger partial charge on any atom is 0.241 e. The van der Waals surface area contributed by atoms with Gasteiger partial charge in [-0.15, -0.1) is 0 Å². The van der Waals surface area contributed by atoms with E-state index in [1.165, 1.54) is 18.1 Å². The van der Waals surface area contributed by atoms with Crippen molar-refractivity contribution in [3.63, 3.8) is 0 Å². The Morgan fingerprint density at radius 3 is 2.73 bits per heavy atom. The van der Waals surface area contributed by atoms with Crippen molar-refractivity contribution < 1.29 is 9.59 Å². The summed E-state index contributed by atoms with van der Waals surface area (Å²) in [4.78, 5) is 37.4. The van der Waals surface area contributed by atoms with Gasteiger partial charge in [-0.1, -0.05) is 30.3 Å². The number of carbonyl (C=O) groups is 2. The second-order valence-corrected chi connectivity index (χ2v) is 8.22. The summed E-state index contributed by atoms with van der Waals surface area (Å²) in [6.07, 6.45) is 2.97. The highest BCUT2D eigenvalue weighted by Gasteiger charge is 2.31. The topological polar surface area (TPSA) is 78.4 Å². The number of carbonyl (C=O) groups excluding carboxylic acids is 2. The Kier molecular flexibility index (Phi) is 5.97. The number of rotatable bonds is 5. The Bertz CT molecular complexity index is 931. The molecule has 1 N–H and O–H groups in total. The molecule has 3 heterocycles. The van der Waals surface area contributed by atoms with Gasteiger partial charge in [0.25, 0.3) is 0 Å². The highest BCUT2D eigenvalue weighted by Crippen LogP contribution is 2.32. The molecule has 1 atom stereocenters. The molecule has 2 aliphatic rings. The number of benzene rings is 1. The minimum absolute atomic E-state index is 0.0481. The number of likely N-dealkylation sites (tertiary alicyclic amines) is 1. The molecule has 2 aliphatic heterocycles. The van der Waals surface area contributed by atoms with E-state index in [0.717, 1.165) is 49.7 Å². The Morgan fingerprint density at radius 2 is 1.97 bits per heavy atom. The predicted molar refractivity (Wildman–Crippen MR) is 115 cm³/mol. The maximum absolute atomic E-state index is 12.3. The standard InChI is InChI=1S/C23H29N5O2/c1-16-20-9-6-11-28(14-18-7-4-3-5-8-18)23(20)26-22(25-16)19-10-12-27(15-19)21(30)13-24-17(2)29/h3-5,7-8,19H,6,9-15H2,1-2H3,(H,24,29)/t19-/m1/s1. The van der Waals surface area contributed by atoms with E-state index >= 15 is 0 Å². The molecule has 4 rings (SSSR count). The van der Waals surface area contributed by atoms with Crippen LogP contribution in [0.5, 0.6) is 0 Å². The minimum Gasteiger partial charge on any atom is -0.352 e. The number of aromatic nitrogens is 2. The number of nitrogens with one attached hydrogen (secondary N) is 1. The van der Waals surface area contributed by atoms with Crippen LogP contribution in [0, 0.1) is 6.92 Å². The van der Waals surface area contributed by atoms with Gasteiger partial charge in [-0.3, -0.25) is 9.59 Å². The molecule has 1 aromatic heterocycles. The largest absolute Gasteiger partial charge is 0.352 e. The summed E-state index contributed by atoms with van der Waals surface area (Å²) in [6.45, 7) is 6.66. The van der Waals surface area contributed by atoms with Gasteiger partial charge in [0, 0.05) is 50.3 Å². The number of hydrogen-bond acceptors (Lipinski definition) is 5. The molecule has 2 aromatic rings. The molecule has 0 saturated carbocycles. The molecular formula is C23H29N5O2. The lowest BCUT2D eigenvalue weighted by Crippen LogP contribution is -2.38. The van der Waals surface area contributed by atoms with E-state index in [0.29, 0.717) is 13.1 Å². The van der Waals surface area contributed by atoms with E-state index in [4.69, 9.17) is 9.97 Å². The first-order chi connectivity index (χ1) is 14.5. The summed E-state index contributed by atoms with van der Waals surface area (Å²) < 4.78 is 0. The van der Waals surface area contributed by atoms with E-state index in [-0.39, 0.29) is 24.3 Å². The fourth-order valence-corrected chi connectivity index (χ4v) is 4.36. The van der Waals surface area contributed by atoms with Gasteiger partial charge in [-0.2, -0.15) is 0 Å². The van der Waals surface area contributed by atoms with Crippen LogP contribution in [0.25, 0.3) is 0 Å². The second kappa shape index (κ2) is 8.81. The van der Waals surface area contributed by atoms with Crippen molar-refractivity contribution >= 4 is 17.6 Å². The van der Waals surface area contributed by atoms with Crippen molar-refractivity contribution in [3.8, 4) is 0 Å². The zero-order chi connectivity index (χ0) is 21.1. The Hall–Kier alpha value is -2.96. The zero-order valence-electron chi connectivity index (χ0n) is 17.7. The summed E-state index contributed by atoms with van der Waals surface area (Å²) in [7, 11) is 0. The number of nitrogens with zero attached hydrogens (tertiary/aromatic N) is 4. The molecule has 1 saturated heterocycles. The van der Waals surface area contributed by atoms with Gasteiger partial charge in [-0.05, 0) is 31.7 Å². The highest BCUT2D eigenvalue weighted by molar-refractivity contribution is 5.83. The molecule has 0 spiro atoms. The Morgan fingerprint density at radius 1 is 1.17 bits per heavy atom. The van der Waals surface area contributed by atoms with Crippen LogP contribution in [0.3, 0.4) is 0 Å². The van der Waals surface area contributed by atoms with Crippen molar-refractivity contribution in [2.75, 3.05) is 31.1 Å². The molecule has 30 heavy (non-hydrogen) atoms. The Labute approximate surface area is 177 Å². The fourth-order valence-electron chi connectivity index (χ4n) is 4.36. The van der Waals surface area contributed by atoms with E-state index in [1.54, 1.807) is 4.90 Å². The lowest BCUT2D eigenvalue weighted by molar-refractivity contribution is -0.131. The number of hydrogen-bond donors (Lipinski definition) is 1.